The van der Waals surface area contributed by atoms with Gasteiger partial charge in [-0.2, -0.15) is 0 Å². The Hall–Kier alpha value is -2.94. The van der Waals surface area contributed by atoms with E-state index in [9.17, 15) is 13.2 Å². The summed E-state index contributed by atoms with van der Waals surface area (Å²) >= 11 is 0. The predicted octanol–water partition coefficient (Wildman–Crippen LogP) is 3.76. The number of anilines is 1. The summed E-state index contributed by atoms with van der Waals surface area (Å²) in [6, 6.07) is 17.3. The molecular formula is C26H32N4O3S. The van der Waals surface area contributed by atoms with E-state index in [4.69, 9.17) is 0 Å². The van der Waals surface area contributed by atoms with E-state index in [1.54, 1.807) is 32.0 Å². The highest BCUT2D eigenvalue weighted by molar-refractivity contribution is 7.89. The zero-order valence-electron chi connectivity index (χ0n) is 19.9. The summed E-state index contributed by atoms with van der Waals surface area (Å²) in [7, 11) is -1.75. The van der Waals surface area contributed by atoms with Crippen LogP contribution in [0.4, 0.5) is 5.69 Å². The highest BCUT2D eigenvalue weighted by atomic mass is 32.2. The minimum absolute atomic E-state index is 0.105. The van der Waals surface area contributed by atoms with E-state index in [0.717, 1.165) is 25.2 Å². The molecule has 0 radical (unpaired) electrons. The van der Waals surface area contributed by atoms with E-state index in [1.807, 2.05) is 19.3 Å². The first kappa shape index (κ1) is 24.2. The summed E-state index contributed by atoms with van der Waals surface area (Å²) in [5, 5.41) is 2.77. The number of fused-ring (bicyclic) bond motifs is 1. The molecule has 1 atom stereocenters. The molecule has 2 heterocycles. The van der Waals surface area contributed by atoms with Gasteiger partial charge in [0.1, 0.15) is 0 Å². The van der Waals surface area contributed by atoms with Crippen molar-refractivity contribution in [3.63, 3.8) is 0 Å². The van der Waals surface area contributed by atoms with E-state index in [2.05, 4.69) is 49.8 Å². The number of aromatic nitrogens is 1. The number of nitrogens with one attached hydrogen (secondary N) is 2. The minimum atomic E-state index is -3.74. The number of carbonyl (C=O) groups is 1. The number of aryl methyl sites for hydroxylation is 2. The van der Waals surface area contributed by atoms with Crippen molar-refractivity contribution in [3.05, 3.63) is 83.2 Å². The second-order valence-corrected chi connectivity index (χ2v) is 10.5. The van der Waals surface area contributed by atoms with Gasteiger partial charge in [-0.05, 0) is 60.4 Å². The number of carbonyl (C=O) groups excluding carboxylic acids is 1. The molecular weight excluding hydrogens is 448 g/mol. The normalized spacial score (nSPS) is 15.0. The van der Waals surface area contributed by atoms with Crippen molar-refractivity contribution in [2.75, 3.05) is 18.4 Å². The lowest BCUT2D eigenvalue weighted by Crippen LogP contribution is -2.41. The van der Waals surface area contributed by atoms with Crippen LogP contribution in [0.2, 0.25) is 0 Å². The molecule has 1 unspecified atom stereocenters. The van der Waals surface area contributed by atoms with Gasteiger partial charge in [0.05, 0.1) is 10.9 Å². The van der Waals surface area contributed by atoms with Crippen LogP contribution < -0.4 is 10.0 Å². The monoisotopic (exact) mass is 480 g/mol. The molecule has 0 bridgehead atoms. The Kier molecular flexibility index (Phi) is 7.21. The Bertz CT molecular complexity index is 1280. The summed E-state index contributed by atoms with van der Waals surface area (Å²) in [4.78, 5) is 14.2. The third kappa shape index (κ3) is 5.24. The van der Waals surface area contributed by atoms with Crippen LogP contribution in [-0.4, -0.2) is 36.9 Å². The van der Waals surface area contributed by atoms with E-state index in [1.165, 1.54) is 11.1 Å². The third-order valence-corrected chi connectivity index (χ3v) is 8.05. The number of rotatable bonds is 8. The smallest absolute Gasteiger partial charge is 0.240 e. The molecule has 0 saturated heterocycles. The van der Waals surface area contributed by atoms with Gasteiger partial charge in [0.25, 0.3) is 0 Å². The second kappa shape index (κ2) is 10.1. The highest BCUT2D eigenvalue weighted by Gasteiger charge is 2.28. The fourth-order valence-electron chi connectivity index (χ4n) is 4.57. The van der Waals surface area contributed by atoms with Crippen molar-refractivity contribution in [2.24, 2.45) is 7.05 Å². The molecule has 2 aromatic carbocycles. The molecule has 34 heavy (non-hydrogen) atoms. The Labute approximate surface area is 201 Å². The molecule has 0 saturated carbocycles. The second-order valence-electron chi connectivity index (χ2n) is 8.78. The van der Waals surface area contributed by atoms with E-state index >= 15 is 0 Å². The van der Waals surface area contributed by atoms with Gasteiger partial charge in [0.2, 0.25) is 15.9 Å². The molecule has 2 N–H and O–H groups in total. The largest absolute Gasteiger partial charge is 0.353 e. The first-order valence-corrected chi connectivity index (χ1v) is 13.1. The molecule has 3 aromatic rings. The lowest BCUT2D eigenvalue weighted by molar-refractivity contribution is -0.115. The number of amides is 1. The van der Waals surface area contributed by atoms with E-state index in [0.29, 0.717) is 17.7 Å². The fraction of sp³-hybridized carbons (Fsp3) is 0.346. The quantitative estimate of drug-likeness (QED) is 0.514. The molecule has 4 rings (SSSR count). The van der Waals surface area contributed by atoms with Crippen LogP contribution in [0.5, 0.6) is 0 Å². The summed E-state index contributed by atoms with van der Waals surface area (Å²) in [6.07, 6.45) is 3.29. The number of hydrogen-bond donors (Lipinski definition) is 2. The Morgan fingerprint density at radius 2 is 1.85 bits per heavy atom. The van der Waals surface area contributed by atoms with Crippen LogP contribution in [0.25, 0.3) is 0 Å². The van der Waals surface area contributed by atoms with Gasteiger partial charge in [0.15, 0.2) is 0 Å². The standard InChI is InChI=1S/C26H32N4O3S/c1-4-26(31)28-22-11-12-25(19(2)16-22)34(32,33)27-17-24(23-10-7-14-29(23)3)30-15-13-20-8-5-6-9-21(20)18-30/h5-12,14,16,24,27H,4,13,15,17-18H2,1-3H3,(H,28,31). The molecule has 1 aromatic heterocycles. The van der Waals surface area contributed by atoms with Gasteiger partial charge < -0.3 is 9.88 Å². The van der Waals surface area contributed by atoms with Gasteiger partial charge in [-0.15, -0.1) is 0 Å². The zero-order valence-corrected chi connectivity index (χ0v) is 20.7. The van der Waals surface area contributed by atoms with Crippen LogP contribution in [-0.2, 0) is 34.8 Å². The van der Waals surface area contributed by atoms with Gasteiger partial charge in [0, 0.05) is 50.7 Å². The van der Waals surface area contributed by atoms with E-state index < -0.39 is 10.0 Å². The van der Waals surface area contributed by atoms with Crippen molar-refractivity contribution in [2.45, 2.75) is 44.2 Å². The average Bonchev–Trinajstić information content (AvgIpc) is 3.24. The topological polar surface area (TPSA) is 83.4 Å². The first-order valence-electron chi connectivity index (χ1n) is 11.6. The van der Waals surface area contributed by atoms with Gasteiger partial charge in [-0.3, -0.25) is 9.69 Å². The lowest BCUT2D eigenvalue weighted by atomic mass is 9.98. The number of sulfonamides is 1. The maximum absolute atomic E-state index is 13.3. The molecule has 7 nitrogen and oxygen atoms in total. The van der Waals surface area contributed by atoms with Crippen LogP contribution in [0.1, 0.15) is 41.8 Å². The number of nitrogens with zero attached hydrogens (tertiary/aromatic N) is 2. The lowest BCUT2D eigenvalue weighted by Gasteiger charge is -2.36. The molecule has 8 heteroatoms. The summed E-state index contributed by atoms with van der Waals surface area (Å²) in [6.45, 7) is 5.41. The van der Waals surface area contributed by atoms with Crippen molar-refractivity contribution < 1.29 is 13.2 Å². The van der Waals surface area contributed by atoms with Crippen molar-refractivity contribution in [3.8, 4) is 0 Å². The minimum Gasteiger partial charge on any atom is -0.353 e. The molecule has 180 valence electrons. The summed E-state index contributed by atoms with van der Waals surface area (Å²) in [5.74, 6) is -0.110. The molecule has 1 aliphatic rings. The Morgan fingerprint density at radius 3 is 2.53 bits per heavy atom. The maximum atomic E-state index is 13.3. The first-order chi connectivity index (χ1) is 16.3. The molecule has 1 aliphatic heterocycles. The molecule has 0 aliphatic carbocycles. The number of hydrogen-bond acceptors (Lipinski definition) is 4. The maximum Gasteiger partial charge on any atom is 0.240 e. The third-order valence-electron chi connectivity index (χ3n) is 6.46. The van der Waals surface area contributed by atoms with Crippen LogP contribution in [0.3, 0.4) is 0 Å². The van der Waals surface area contributed by atoms with Crippen LogP contribution in [0, 0.1) is 6.92 Å². The summed E-state index contributed by atoms with van der Waals surface area (Å²) in [5.41, 5.74) is 4.89. The van der Waals surface area contributed by atoms with Crippen LogP contribution >= 0.6 is 0 Å². The van der Waals surface area contributed by atoms with Crippen molar-refractivity contribution >= 4 is 21.6 Å². The number of benzene rings is 2. The highest BCUT2D eigenvalue weighted by Crippen LogP contribution is 2.28. The SMILES string of the molecule is CCC(=O)Nc1ccc(S(=O)(=O)NCC(c2cccn2C)N2CCc3ccccc3C2)c(C)c1. The molecule has 1 amide bonds. The van der Waals surface area contributed by atoms with Crippen LogP contribution in [0.15, 0.2) is 65.7 Å². The Balaban J connectivity index is 1.55. The van der Waals surface area contributed by atoms with Gasteiger partial charge >= 0.3 is 0 Å². The summed E-state index contributed by atoms with van der Waals surface area (Å²) < 4.78 is 31.4. The van der Waals surface area contributed by atoms with Crippen molar-refractivity contribution in [1.29, 1.82) is 0 Å². The fourth-order valence-corrected chi connectivity index (χ4v) is 5.83. The molecule has 0 spiro atoms. The van der Waals surface area contributed by atoms with Gasteiger partial charge in [-0.25, -0.2) is 13.1 Å². The predicted molar refractivity (Wildman–Crippen MR) is 134 cm³/mol. The Morgan fingerprint density at radius 1 is 1.09 bits per heavy atom. The molecule has 0 fully saturated rings. The van der Waals surface area contributed by atoms with Gasteiger partial charge in [-0.1, -0.05) is 31.2 Å². The zero-order chi connectivity index (χ0) is 24.3. The van der Waals surface area contributed by atoms with E-state index in [-0.39, 0.29) is 23.4 Å². The van der Waals surface area contributed by atoms with Crippen molar-refractivity contribution in [1.82, 2.24) is 14.2 Å². The average molecular weight is 481 g/mol.